The molecule has 298 valence electrons. The number of carbonyl (C=O) groups excluding carboxylic acids is 3. The highest BCUT2D eigenvalue weighted by molar-refractivity contribution is 5.90. The third-order valence-corrected chi connectivity index (χ3v) is 9.50. The molecule has 2 aliphatic rings. The van der Waals surface area contributed by atoms with Crippen molar-refractivity contribution in [1.82, 2.24) is 0 Å². The number of azide groups is 1. The number of hydrogen-bond acceptors (Lipinski definition) is 13. The smallest absolute Gasteiger partial charge is 0.338 e. The molecule has 2 aliphatic heterocycles. The molecule has 2 fully saturated rings. The molecule has 4 aromatic carbocycles. The van der Waals surface area contributed by atoms with Crippen LogP contribution < -0.4 is 0 Å². The van der Waals surface area contributed by atoms with Crippen molar-refractivity contribution in [2.24, 2.45) is 5.11 Å². The first-order valence-electron chi connectivity index (χ1n) is 18.4. The van der Waals surface area contributed by atoms with E-state index in [1.54, 1.807) is 67.6 Å². The van der Waals surface area contributed by atoms with Gasteiger partial charge in [0.1, 0.15) is 18.2 Å². The first-order valence-corrected chi connectivity index (χ1v) is 18.4. The van der Waals surface area contributed by atoms with Crippen LogP contribution in [0.4, 0.5) is 0 Å². The van der Waals surface area contributed by atoms with Crippen molar-refractivity contribution in [3.05, 3.63) is 154 Å². The average Bonchev–Trinajstić information content (AvgIpc) is 3.25. The minimum atomic E-state index is -1.69. The van der Waals surface area contributed by atoms with Gasteiger partial charge in [-0.05, 0) is 47.3 Å². The lowest BCUT2D eigenvalue weighted by Crippen LogP contribution is -2.66. The summed E-state index contributed by atoms with van der Waals surface area (Å²) in [4.78, 5) is 44.3. The van der Waals surface area contributed by atoms with E-state index >= 15 is 0 Å². The fourth-order valence-electron chi connectivity index (χ4n) is 6.59. The van der Waals surface area contributed by atoms with Crippen molar-refractivity contribution in [3.8, 4) is 0 Å². The summed E-state index contributed by atoms with van der Waals surface area (Å²) in [5.74, 6) is -2.63. The maximum absolute atomic E-state index is 13.9. The zero-order valence-corrected chi connectivity index (χ0v) is 31.2. The van der Waals surface area contributed by atoms with Gasteiger partial charge in [0.05, 0.1) is 43.7 Å². The summed E-state index contributed by atoms with van der Waals surface area (Å²) in [6.07, 6.45) is -12.7. The number of carbonyl (C=O) groups is 3. The van der Waals surface area contributed by atoms with Crippen LogP contribution in [0.2, 0.25) is 0 Å². The Labute approximate surface area is 328 Å². The van der Waals surface area contributed by atoms with Gasteiger partial charge in [-0.25, -0.2) is 14.4 Å². The van der Waals surface area contributed by atoms with Gasteiger partial charge >= 0.3 is 17.9 Å². The monoisotopic (exact) mass is 781 g/mol. The maximum atomic E-state index is 13.9. The van der Waals surface area contributed by atoms with Gasteiger partial charge in [0.15, 0.2) is 30.9 Å². The normalized spacial score (nSPS) is 27.0. The summed E-state index contributed by atoms with van der Waals surface area (Å²) in [5, 5.41) is 15.3. The molecule has 0 bridgehead atoms. The number of methoxy groups -OCH3 is 1. The fourth-order valence-corrected chi connectivity index (χ4v) is 6.59. The minimum absolute atomic E-state index is 0.0375. The molecule has 0 spiro atoms. The van der Waals surface area contributed by atoms with E-state index in [1.807, 2.05) is 36.4 Å². The highest BCUT2D eigenvalue weighted by Gasteiger charge is 2.57. The third kappa shape index (κ3) is 10.2. The van der Waals surface area contributed by atoms with E-state index in [1.165, 1.54) is 24.3 Å². The summed E-state index contributed by atoms with van der Waals surface area (Å²) in [5.41, 5.74) is 11.5. The Morgan fingerprint density at radius 3 is 1.70 bits per heavy atom. The Kier molecular flexibility index (Phi) is 14.4. The first kappa shape index (κ1) is 41.0. The average molecular weight is 782 g/mol. The molecule has 10 atom stereocenters. The summed E-state index contributed by atoms with van der Waals surface area (Å²) in [6, 6.07) is 33.0. The molecule has 15 heteroatoms. The standard InChI is InChI=1S/C42H43N3O12/c1-3-30-32(46)33(51-24-26-16-8-4-9-17-26)31(44-45-43)41(53-30)56-34-35(54-38(47)28-20-12-6-13-21-28)37(55-39(48)29-22-14-7-15-23-29)42(57-36(34)40(49)50-2)52-25-27-18-10-5-11-19-27/h4-23,30-37,41-42,46H,3,24-25H2,1-2H3/t30?,31?,32-,33+,34+,35+,36?,37?,41-,42-/m1/s1. The van der Waals surface area contributed by atoms with Crippen LogP contribution in [0.3, 0.4) is 0 Å². The van der Waals surface area contributed by atoms with Gasteiger partial charge in [0.2, 0.25) is 0 Å². The van der Waals surface area contributed by atoms with Crippen molar-refractivity contribution in [2.75, 3.05) is 7.11 Å². The molecular formula is C42H43N3O12. The second-order valence-electron chi connectivity index (χ2n) is 13.2. The Balaban J connectivity index is 1.41. The molecule has 4 unspecified atom stereocenters. The maximum Gasteiger partial charge on any atom is 0.338 e. The fraction of sp³-hybridized carbons (Fsp3) is 0.357. The molecule has 15 nitrogen and oxygen atoms in total. The number of nitrogens with zero attached hydrogens (tertiary/aromatic N) is 3. The molecule has 0 saturated carbocycles. The largest absolute Gasteiger partial charge is 0.467 e. The predicted molar refractivity (Wildman–Crippen MR) is 201 cm³/mol. The van der Waals surface area contributed by atoms with E-state index in [4.69, 9.17) is 37.9 Å². The second-order valence-corrected chi connectivity index (χ2v) is 13.2. The summed E-state index contributed by atoms with van der Waals surface area (Å²) in [6.45, 7) is 1.74. The van der Waals surface area contributed by atoms with Crippen molar-refractivity contribution < 1.29 is 57.4 Å². The van der Waals surface area contributed by atoms with Gasteiger partial charge in [-0.2, -0.15) is 0 Å². The molecule has 0 radical (unpaired) electrons. The molecule has 6 rings (SSSR count). The number of rotatable bonds is 15. The molecule has 0 aromatic heterocycles. The van der Waals surface area contributed by atoms with Gasteiger partial charge < -0.3 is 43.0 Å². The van der Waals surface area contributed by atoms with E-state index in [0.717, 1.165) is 18.2 Å². The Bertz CT molecular complexity index is 1950. The SMILES string of the molecule is CCC1O[C@H](O[C@@H]2C(C(=O)OC)O[C@@H](OCc3ccccc3)C(OC(=O)c3ccccc3)[C@H]2OC(=O)c2ccccc2)C(N=[N+]=[N-])[C@H](OCc2ccccc2)[C@@H]1O. The van der Waals surface area contributed by atoms with Gasteiger partial charge in [-0.3, -0.25) is 0 Å². The Morgan fingerprint density at radius 2 is 1.19 bits per heavy atom. The van der Waals surface area contributed by atoms with E-state index in [0.29, 0.717) is 0 Å². The van der Waals surface area contributed by atoms with Crippen LogP contribution in [0.15, 0.2) is 126 Å². The number of aliphatic hydroxyl groups excluding tert-OH is 1. The first-order chi connectivity index (χ1) is 27.8. The van der Waals surface area contributed by atoms with Crippen LogP contribution in [0.1, 0.15) is 45.2 Å². The predicted octanol–water partition coefficient (Wildman–Crippen LogP) is 5.70. The van der Waals surface area contributed by atoms with E-state index < -0.39 is 79.3 Å². The van der Waals surface area contributed by atoms with Gasteiger partial charge in [-0.15, -0.1) is 0 Å². The molecular weight excluding hydrogens is 738 g/mol. The quantitative estimate of drug-likeness (QED) is 0.0509. The third-order valence-electron chi connectivity index (χ3n) is 9.50. The summed E-state index contributed by atoms with van der Waals surface area (Å²) in [7, 11) is 1.13. The summed E-state index contributed by atoms with van der Waals surface area (Å²) >= 11 is 0. The lowest BCUT2D eigenvalue weighted by atomic mass is 9.94. The van der Waals surface area contributed by atoms with Crippen molar-refractivity contribution in [1.29, 1.82) is 0 Å². The molecule has 2 heterocycles. The molecule has 1 N–H and O–H groups in total. The van der Waals surface area contributed by atoms with Crippen LogP contribution >= 0.6 is 0 Å². The van der Waals surface area contributed by atoms with Gasteiger partial charge in [-0.1, -0.05) is 109 Å². The lowest BCUT2D eigenvalue weighted by molar-refractivity contribution is -0.340. The topological polar surface area (TPSA) is 194 Å². The van der Waals surface area contributed by atoms with E-state index in [9.17, 15) is 25.0 Å². The van der Waals surface area contributed by atoms with Crippen molar-refractivity contribution in [3.63, 3.8) is 0 Å². The Hall–Kier alpha value is -5.64. The highest BCUT2D eigenvalue weighted by atomic mass is 16.8. The summed E-state index contributed by atoms with van der Waals surface area (Å²) < 4.78 is 48.7. The molecule has 4 aromatic rings. The number of aliphatic hydroxyl groups is 1. The van der Waals surface area contributed by atoms with Crippen molar-refractivity contribution in [2.45, 2.75) is 87.9 Å². The van der Waals surface area contributed by atoms with Crippen LogP contribution in [0.5, 0.6) is 0 Å². The highest BCUT2D eigenvalue weighted by Crippen LogP contribution is 2.36. The second kappa shape index (κ2) is 20.0. The zero-order chi connectivity index (χ0) is 40.1. The van der Waals surface area contributed by atoms with Crippen LogP contribution in [0.25, 0.3) is 10.4 Å². The number of esters is 3. The van der Waals surface area contributed by atoms with Crippen LogP contribution in [-0.4, -0.2) is 91.5 Å². The van der Waals surface area contributed by atoms with Crippen LogP contribution in [0, 0.1) is 0 Å². The molecule has 2 saturated heterocycles. The number of hydrogen-bond donors (Lipinski definition) is 1. The van der Waals surface area contributed by atoms with E-state index in [-0.39, 0.29) is 30.8 Å². The van der Waals surface area contributed by atoms with E-state index in [2.05, 4.69) is 10.0 Å². The zero-order valence-electron chi connectivity index (χ0n) is 31.2. The molecule has 57 heavy (non-hydrogen) atoms. The molecule has 0 amide bonds. The number of ether oxygens (including phenoxy) is 8. The van der Waals surface area contributed by atoms with Crippen LogP contribution in [-0.2, 0) is 55.9 Å². The Morgan fingerprint density at radius 1 is 0.684 bits per heavy atom. The number of benzene rings is 4. The van der Waals surface area contributed by atoms with Gasteiger partial charge in [0, 0.05) is 4.91 Å². The lowest BCUT2D eigenvalue weighted by Gasteiger charge is -2.48. The van der Waals surface area contributed by atoms with Gasteiger partial charge in [0.25, 0.3) is 0 Å². The minimum Gasteiger partial charge on any atom is -0.467 e. The van der Waals surface area contributed by atoms with Crippen molar-refractivity contribution >= 4 is 17.9 Å². The molecule has 0 aliphatic carbocycles.